The molecule has 2 rings (SSSR count). The number of hydrogen-bond acceptors (Lipinski definition) is 4. The maximum Gasteiger partial charge on any atom is 0.338 e. The third-order valence-electron chi connectivity index (χ3n) is 2.50. The van der Waals surface area contributed by atoms with E-state index in [0.29, 0.717) is 16.5 Å². The van der Waals surface area contributed by atoms with Gasteiger partial charge in [-0.15, -0.1) is 5.10 Å². The molecule has 0 fully saturated rings. The summed E-state index contributed by atoms with van der Waals surface area (Å²) < 4.78 is 0. The summed E-state index contributed by atoms with van der Waals surface area (Å²) >= 11 is 5.77. The van der Waals surface area contributed by atoms with Crippen LogP contribution in [-0.4, -0.2) is 23.3 Å². The largest absolute Gasteiger partial charge is 0.338 e. The highest BCUT2D eigenvalue weighted by molar-refractivity contribution is 6.30. The summed E-state index contributed by atoms with van der Waals surface area (Å²) in [5.41, 5.74) is 4.09. The third kappa shape index (κ3) is 3.83. The van der Waals surface area contributed by atoms with Gasteiger partial charge in [0.2, 0.25) is 0 Å². The first kappa shape index (κ1) is 14.1. The van der Waals surface area contributed by atoms with E-state index in [1.165, 1.54) is 5.01 Å². The van der Waals surface area contributed by atoms with Crippen LogP contribution in [0.1, 0.15) is 5.69 Å². The summed E-state index contributed by atoms with van der Waals surface area (Å²) in [6, 6.07) is 10.0. The lowest BCUT2D eigenvalue weighted by Crippen LogP contribution is -2.42. The number of carbonyl (C=O) groups excluding carboxylic acids is 1. The molecule has 0 unspecified atom stereocenters. The second kappa shape index (κ2) is 6.21. The molecule has 20 heavy (non-hydrogen) atoms. The number of benzene rings is 1. The average molecular weight is 292 g/mol. The highest BCUT2D eigenvalue weighted by Crippen LogP contribution is 2.13. The van der Waals surface area contributed by atoms with Gasteiger partial charge in [-0.05, 0) is 43.3 Å². The molecule has 1 aromatic carbocycles. The fourth-order valence-corrected chi connectivity index (χ4v) is 1.60. The number of amides is 2. The lowest BCUT2D eigenvalue weighted by molar-refractivity contribution is 0.251. The van der Waals surface area contributed by atoms with E-state index in [-0.39, 0.29) is 6.03 Å². The van der Waals surface area contributed by atoms with Crippen LogP contribution in [0.2, 0.25) is 5.02 Å². The van der Waals surface area contributed by atoms with Crippen LogP contribution < -0.4 is 15.8 Å². The van der Waals surface area contributed by atoms with Crippen LogP contribution >= 0.6 is 11.6 Å². The average Bonchev–Trinajstić information content (AvgIpc) is 2.42. The molecular weight excluding hydrogens is 278 g/mol. The Balaban J connectivity index is 1.93. The van der Waals surface area contributed by atoms with Gasteiger partial charge >= 0.3 is 6.03 Å². The Morgan fingerprint density at radius 3 is 2.45 bits per heavy atom. The molecule has 0 aliphatic carbocycles. The van der Waals surface area contributed by atoms with Crippen molar-refractivity contribution >= 4 is 29.1 Å². The van der Waals surface area contributed by atoms with Crippen molar-refractivity contribution in [2.45, 2.75) is 6.92 Å². The van der Waals surface area contributed by atoms with E-state index in [1.54, 1.807) is 37.4 Å². The number of nitrogens with one attached hydrogen (secondary N) is 2. The zero-order valence-electron chi connectivity index (χ0n) is 11.1. The van der Waals surface area contributed by atoms with Crippen molar-refractivity contribution in [3.8, 4) is 0 Å². The molecule has 0 aliphatic heterocycles. The lowest BCUT2D eigenvalue weighted by atomic mass is 10.3. The molecule has 0 bridgehead atoms. The maximum atomic E-state index is 11.8. The summed E-state index contributed by atoms with van der Waals surface area (Å²) in [5.74, 6) is 0.543. The van der Waals surface area contributed by atoms with Gasteiger partial charge in [0.05, 0.1) is 5.69 Å². The Kier molecular flexibility index (Phi) is 4.37. The van der Waals surface area contributed by atoms with Gasteiger partial charge < -0.3 is 5.32 Å². The molecule has 6 nitrogen and oxygen atoms in total. The second-order valence-electron chi connectivity index (χ2n) is 4.16. The van der Waals surface area contributed by atoms with Gasteiger partial charge in [0.1, 0.15) is 0 Å². The fraction of sp³-hybridized carbons (Fsp3) is 0.154. The van der Waals surface area contributed by atoms with Crippen molar-refractivity contribution in [2.75, 3.05) is 17.4 Å². The van der Waals surface area contributed by atoms with Crippen molar-refractivity contribution in [2.24, 2.45) is 0 Å². The number of hydrazine groups is 1. The van der Waals surface area contributed by atoms with Crippen LogP contribution in [0.5, 0.6) is 0 Å². The SMILES string of the molecule is Cc1ccc(N(C)NC(=O)Nc2ccc(Cl)cc2)nn1. The molecule has 0 atom stereocenters. The van der Waals surface area contributed by atoms with Crippen molar-refractivity contribution < 1.29 is 4.79 Å². The van der Waals surface area contributed by atoms with Crippen molar-refractivity contribution in [3.05, 3.63) is 47.1 Å². The number of aryl methyl sites for hydroxylation is 1. The Hall–Kier alpha value is -2.34. The van der Waals surface area contributed by atoms with Crippen LogP contribution in [0.4, 0.5) is 16.3 Å². The van der Waals surface area contributed by atoms with E-state index in [9.17, 15) is 4.79 Å². The predicted octanol–water partition coefficient (Wildman–Crippen LogP) is 2.61. The molecule has 0 spiro atoms. The maximum absolute atomic E-state index is 11.8. The van der Waals surface area contributed by atoms with Gasteiger partial charge in [0, 0.05) is 17.8 Å². The Bertz CT molecular complexity index is 585. The Morgan fingerprint density at radius 1 is 1.15 bits per heavy atom. The van der Waals surface area contributed by atoms with Crippen LogP contribution in [-0.2, 0) is 0 Å². The molecule has 1 heterocycles. The van der Waals surface area contributed by atoms with Crippen molar-refractivity contribution in [1.82, 2.24) is 15.6 Å². The molecule has 2 N–H and O–H groups in total. The highest BCUT2D eigenvalue weighted by Gasteiger charge is 2.07. The highest BCUT2D eigenvalue weighted by atomic mass is 35.5. The zero-order valence-corrected chi connectivity index (χ0v) is 11.8. The van der Waals surface area contributed by atoms with Crippen LogP contribution in [0.3, 0.4) is 0 Å². The number of aromatic nitrogens is 2. The van der Waals surface area contributed by atoms with E-state index in [2.05, 4.69) is 20.9 Å². The standard InChI is InChI=1S/C13H14ClN5O/c1-9-3-8-12(17-16-9)19(2)18-13(20)15-11-6-4-10(14)5-7-11/h3-8H,1-2H3,(H2,15,18,20). The molecule has 0 saturated heterocycles. The van der Waals surface area contributed by atoms with Gasteiger partial charge in [-0.25, -0.2) is 10.2 Å². The smallest absolute Gasteiger partial charge is 0.307 e. The first-order valence-electron chi connectivity index (χ1n) is 5.92. The molecule has 0 aliphatic rings. The van der Waals surface area contributed by atoms with Gasteiger partial charge in [-0.2, -0.15) is 5.10 Å². The van der Waals surface area contributed by atoms with E-state index in [4.69, 9.17) is 11.6 Å². The van der Waals surface area contributed by atoms with Crippen LogP contribution in [0, 0.1) is 6.92 Å². The molecule has 2 amide bonds. The third-order valence-corrected chi connectivity index (χ3v) is 2.75. The summed E-state index contributed by atoms with van der Waals surface area (Å²) in [6.07, 6.45) is 0. The Labute approximate surface area is 121 Å². The minimum Gasteiger partial charge on any atom is -0.307 e. The van der Waals surface area contributed by atoms with Gasteiger partial charge in [-0.1, -0.05) is 11.6 Å². The molecule has 104 valence electrons. The van der Waals surface area contributed by atoms with Gasteiger partial charge in [-0.3, -0.25) is 5.01 Å². The van der Waals surface area contributed by atoms with Gasteiger partial charge in [0.15, 0.2) is 5.82 Å². The summed E-state index contributed by atoms with van der Waals surface area (Å²) in [4.78, 5) is 11.8. The number of nitrogens with zero attached hydrogens (tertiary/aromatic N) is 3. The van der Waals surface area contributed by atoms with Crippen LogP contribution in [0.25, 0.3) is 0 Å². The number of rotatable bonds is 3. The molecule has 7 heteroatoms. The molecule has 0 saturated carbocycles. The van der Waals surface area contributed by atoms with Crippen molar-refractivity contribution in [3.63, 3.8) is 0 Å². The zero-order chi connectivity index (χ0) is 14.5. The number of halogens is 1. The summed E-state index contributed by atoms with van der Waals surface area (Å²) in [6.45, 7) is 1.84. The van der Waals surface area contributed by atoms with E-state index in [0.717, 1.165) is 5.69 Å². The van der Waals surface area contributed by atoms with E-state index < -0.39 is 0 Å². The fourth-order valence-electron chi connectivity index (χ4n) is 1.47. The monoisotopic (exact) mass is 291 g/mol. The Morgan fingerprint density at radius 2 is 1.85 bits per heavy atom. The predicted molar refractivity (Wildman–Crippen MR) is 78.8 cm³/mol. The molecular formula is C13H14ClN5O. The number of urea groups is 1. The topological polar surface area (TPSA) is 70.2 Å². The van der Waals surface area contributed by atoms with Crippen molar-refractivity contribution in [1.29, 1.82) is 0 Å². The quantitative estimate of drug-likeness (QED) is 0.853. The summed E-state index contributed by atoms with van der Waals surface area (Å²) in [7, 11) is 1.68. The number of hydrogen-bond donors (Lipinski definition) is 2. The minimum atomic E-state index is -0.378. The summed E-state index contributed by atoms with van der Waals surface area (Å²) in [5, 5.41) is 12.7. The molecule has 1 aromatic heterocycles. The van der Waals surface area contributed by atoms with E-state index >= 15 is 0 Å². The number of carbonyl (C=O) groups is 1. The lowest BCUT2D eigenvalue weighted by Gasteiger charge is -2.18. The first-order chi connectivity index (χ1) is 9.54. The minimum absolute atomic E-state index is 0.378. The number of anilines is 2. The first-order valence-corrected chi connectivity index (χ1v) is 6.29. The van der Waals surface area contributed by atoms with Gasteiger partial charge in [0.25, 0.3) is 0 Å². The molecule has 2 aromatic rings. The normalized spacial score (nSPS) is 9.95. The second-order valence-corrected chi connectivity index (χ2v) is 4.60. The van der Waals surface area contributed by atoms with Crippen LogP contribution in [0.15, 0.2) is 36.4 Å². The van der Waals surface area contributed by atoms with E-state index in [1.807, 2.05) is 13.0 Å². The molecule has 0 radical (unpaired) electrons.